The van der Waals surface area contributed by atoms with Gasteiger partial charge in [0.1, 0.15) is 6.04 Å². The van der Waals surface area contributed by atoms with E-state index in [1.54, 1.807) is 32.0 Å². The van der Waals surface area contributed by atoms with E-state index in [0.717, 1.165) is 5.56 Å². The van der Waals surface area contributed by atoms with Crippen LogP contribution < -0.4 is 4.90 Å². The van der Waals surface area contributed by atoms with E-state index in [4.69, 9.17) is 14.6 Å². The molecule has 0 spiro atoms. The van der Waals surface area contributed by atoms with Gasteiger partial charge in [-0.3, -0.25) is 14.5 Å². The maximum atomic E-state index is 13.1. The SMILES string of the molecule is CCOC(=O)OC(C)OC(=O)[C@@H]1Cc2ccccc2N1C(=O)[C@H](C)C[C@@H](C)C(=O)O. The number of nitrogens with zero attached hydrogens (tertiary/aromatic N) is 1. The summed E-state index contributed by atoms with van der Waals surface area (Å²) < 4.78 is 14.7. The van der Waals surface area contributed by atoms with Crippen LogP contribution in [0, 0.1) is 11.8 Å². The third-order valence-electron chi connectivity index (χ3n) is 4.84. The molecule has 9 nitrogen and oxygen atoms in total. The van der Waals surface area contributed by atoms with E-state index in [0.29, 0.717) is 5.69 Å². The fourth-order valence-electron chi connectivity index (χ4n) is 3.37. The lowest BCUT2D eigenvalue weighted by Crippen LogP contribution is -2.47. The Morgan fingerprint density at radius 1 is 1.10 bits per heavy atom. The number of carboxylic acid groups (broad SMARTS) is 1. The molecule has 0 bridgehead atoms. The summed E-state index contributed by atoms with van der Waals surface area (Å²) in [5.41, 5.74) is 1.38. The highest BCUT2D eigenvalue weighted by atomic mass is 16.8. The highest BCUT2D eigenvalue weighted by Crippen LogP contribution is 2.34. The molecule has 1 unspecified atom stereocenters. The van der Waals surface area contributed by atoms with Crippen molar-refractivity contribution in [2.24, 2.45) is 11.8 Å². The number of ether oxygens (including phenoxy) is 3. The molecule has 1 heterocycles. The van der Waals surface area contributed by atoms with Gasteiger partial charge in [-0.2, -0.15) is 0 Å². The Morgan fingerprint density at radius 2 is 1.77 bits per heavy atom. The highest BCUT2D eigenvalue weighted by Gasteiger charge is 2.41. The van der Waals surface area contributed by atoms with Crippen molar-refractivity contribution >= 4 is 29.7 Å². The van der Waals surface area contributed by atoms with E-state index in [9.17, 15) is 19.2 Å². The molecule has 0 aromatic heterocycles. The predicted octanol–water partition coefficient (Wildman–Crippen LogP) is 2.75. The van der Waals surface area contributed by atoms with E-state index in [1.165, 1.54) is 18.7 Å². The zero-order valence-corrected chi connectivity index (χ0v) is 17.5. The summed E-state index contributed by atoms with van der Waals surface area (Å²) in [6, 6.07) is 6.16. The minimum atomic E-state index is -1.19. The van der Waals surface area contributed by atoms with Crippen LogP contribution in [0.2, 0.25) is 0 Å². The van der Waals surface area contributed by atoms with Crippen LogP contribution in [0.5, 0.6) is 0 Å². The molecule has 9 heteroatoms. The number of benzene rings is 1. The van der Waals surface area contributed by atoms with Crippen LogP contribution in [-0.2, 0) is 35.0 Å². The van der Waals surface area contributed by atoms with Gasteiger partial charge < -0.3 is 19.3 Å². The number of hydrogen-bond donors (Lipinski definition) is 1. The number of anilines is 1. The van der Waals surface area contributed by atoms with Gasteiger partial charge in [0.2, 0.25) is 12.2 Å². The van der Waals surface area contributed by atoms with Gasteiger partial charge in [-0.05, 0) is 25.0 Å². The fraction of sp³-hybridized carbons (Fsp3) is 0.524. The Bertz CT molecular complexity index is 808. The fourth-order valence-corrected chi connectivity index (χ4v) is 3.37. The normalized spacial score (nSPS) is 18.0. The molecule has 0 saturated carbocycles. The first-order valence-electron chi connectivity index (χ1n) is 9.83. The van der Waals surface area contributed by atoms with E-state index < -0.39 is 42.3 Å². The summed E-state index contributed by atoms with van der Waals surface area (Å²) in [7, 11) is 0. The molecule has 164 valence electrons. The number of aliphatic carboxylic acids is 1. The zero-order chi connectivity index (χ0) is 22.4. The molecular weight excluding hydrogens is 394 g/mol. The van der Waals surface area contributed by atoms with Gasteiger partial charge in [0.25, 0.3) is 0 Å². The molecular formula is C21H27NO8. The first-order valence-corrected chi connectivity index (χ1v) is 9.83. The molecule has 4 atom stereocenters. The minimum Gasteiger partial charge on any atom is -0.481 e. The number of para-hydroxylation sites is 1. The number of carboxylic acids is 1. The Morgan fingerprint density at radius 3 is 2.40 bits per heavy atom. The Kier molecular flexibility index (Phi) is 7.79. The smallest absolute Gasteiger partial charge is 0.481 e. The largest absolute Gasteiger partial charge is 0.511 e. The molecule has 0 aliphatic carbocycles. The van der Waals surface area contributed by atoms with Gasteiger partial charge in [-0.15, -0.1) is 0 Å². The first-order chi connectivity index (χ1) is 14.1. The van der Waals surface area contributed by atoms with Gasteiger partial charge in [-0.1, -0.05) is 32.0 Å². The van der Waals surface area contributed by atoms with Crippen molar-refractivity contribution in [3.63, 3.8) is 0 Å². The third-order valence-corrected chi connectivity index (χ3v) is 4.84. The van der Waals surface area contributed by atoms with E-state index in [1.807, 2.05) is 6.07 Å². The predicted molar refractivity (Wildman–Crippen MR) is 106 cm³/mol. The molecule has 1 N–H and O–H groups in total. The number of rotatable bonds is 8. The molecule has 1 aromatic carbocycles. The van der Waals surface area contributed by atoms with Crippen LogP contribution in [-0.4, -0.2) is 48.0 Å². The van der Waals surface area contributed by atoms with Gasteiger partial charge in [0, 0.05) is 24.9 Å². The molecule has 0 saturated heterocycles. The van der Waals surface area contributed by atoms with E-state index in [2.05, 4.69) is 4.74 Å². The highest BCUT2D eigenvalue weighted by molar-refractivity contribution is 6.03. The van der Waals surface area contributed by atoms with E-state index >= 15 is 0 Å². The third kappa shape index (κ3) is 5.49. The molecule has 1 aliphatic rings. The summed E-state index contributed by atoms with van der Waals surface area (Å²) in [4.78, 5) is 49.9. The number of carbonyl (C=O) groups is 4. The van der Waals surface area contributed by atoms with Crippen LogP contribution >= 0.6 is 0 Å². The second-order valence-electron chi connectivity index (χ2n) is 7.24. The molecule has 30 heavy (non-hydrogen) atoms. The lowest BCUT2D eigenvalue weighted by atomic mass is 9.96. The minimum absolute atomic E-state index is 0.117. The van der Waals surface area contributed by atoms with Crippen molar-refractivity contribution in [3.8, 4) is 0 Å². The van der Waals surface area contributed by atoms with Crippen LogP contribution in [0.1, 0.15) is 39.7 Å². The van der Waals surface area contributed by atoms with E-state index in [-0.39, 0.29) is 25.4 Å². The summed E-state index contributed by atoms with van der Waals surface area (Å²) in [6.07, 6.45) is -1.77. The molecule has 0 radical (unpaired) electrons. The average Bonchev–Trinajstić information content (AvgIpc) is 3.06. The summed E-state index contributed by atoms with van der Waals surface area (Å²) >= 11 is 0. The maximum absolute atomic E-state index is 13.1. The Labute approximate surface area is 174 Å². The van der Waals surface area contributed by atoms with Crippen LogP contribution in [0.25, 0.3) is 0 Å². The molecule has 1 aromatic rings. The van der Waals surface area contributed by atoms with Crippen LogP contribution in [0.15, 0.2) is 24.3 Å². The standard InChI is InChI=1S/C21H27NO8/c1-5-28-21(27)30-14(4)29-20(26)17-11-15-8-6-7-9-16(15)22(17)18(23)12(2)10-13(3)19(24)25/h6-9,12-14,17H,5,10-11H2,1-4H3,(H,24,25)/t12-,13-,14?,17+/m1/s1. The average molecular weight is 421 g/mol. The monoisotopic (exact) mass is 421 g/mol. The second-order valence-corrected chi connectivity index (χ2v) is 7.24. The van der Waals surface area contributed by atoms with Crippen molar-refractivity contribution in [2.45, 2.75) is 52.9 Å². The van der Waals surface area contributed by atoms with Gasteiger partial charge >= 0.3 is 18.1 Å². The maximum Gasteiger partial charge on any atom is 0.511 e. The second kappa shape index (κ2) is 10.1. The topological polar surface area (TPSA) is 119 Å². The first kappa shape index (κ1) is 23.2. The quantitative estimate of drug-likeness (QED) is 0.503. The number of amides is 1. The summed E-state index contributed by atoms with van der Waals surface area (Å²) in [5, 5.41) is 9.13. The summed E-state index contributed by atoms with van der Waals surface area (Å²) in [6.45, 7) is 6.28. The molecule has 2 rings (SSSR count). The zero-order valence-electron chi connectivity index (χ0n) is 17.5. The van der Waals surface area contributed by atoms with Crippen molar-refractivity contribution in [2.75, 3.05) is 11.5 Å². The van der Waals surface area contributed by atoms with Crippen molar-refractivity contribution in [1.82, 2.24) is 0 Å². The number of fused-ring (bicyclic) bond motifs is 1. The van der Waals surface area contributed by atoms with Crippen LogP contribution in [0.3, 0.4) is 0 Å². The lowest BCUT2D eigenvalue weighted by molar-refractivity contribution is -0.170. The Balaban J connectivity index is 2.17. The van der Waals surface area contributed by atoms with Crippen molar-refractivity contribution in [1.29, 1.82) is 0 Å². The van der Waals surface area contributed by atoms with Gasteiger partial charge in [-0.25, -0.2) is 9.59 Å². The molecule has 1 amide bonds. The number of hydrogen-bond acceptors (Lipinski definition) is 7. The molecule has 1 aliphatic heterocycles. The number of carbonyl (C=O) groups excluding carboxylic acids is 3. The molecule has 0 fully saturated rings. The van der Waals surface area contributed by atoms with Gasteiger partial charge in [0.15, 0.2) is 0 Å². The van der Waals surface area contributed by atoms with Crippen LogP contribution in [0.4, 0.5) is 10.5 Å². The van der Waals surface area contributed by atoms with Gasteiger partial charge in [0.05, 0.1) is 12.5 Å². The van der Waals surface area contributed by atoms with Crippen molar-refractivity contribution < 1.29 is 38.5 Å². The summed E-state index contributed by atoms with van der Waals surface area (Å²) in [5.74, 6) is -3.41. The lowest BCUT2D eigenvalue weighted by Gasteiger charge is -2.28. The van der Waals surface area contributed by atoms with Crippen molar-refractivity contribution in [3.05, 3.63) is 29.8 Å². The Hall–Kier alpha value is -3.10. The number of esters is 1.